The van der Waals surface area contributed by atoms with Crippen molar-refractivity contribution >= 4 is 15.9 Å². The zero-order chi connectivity index (χ0) is 18.4. The number of carbonyl (C=O) groups is 1. The maximum Gasteiger partial charge on any atom is 0.251 e. The van der Waals surface area contributed by atoms with Crippen molar-refractivity contribution < 1.29 is 22.7 Å². The van der Waals surface area contributed by atoms with Crippen LogP contribution in [0.2, 0.25) is 0 Å². The predicted molar refractivity (Wildman–Crippen MR) is 94.4 cm³/mol. The van der Waals surface area contributed by atoms with E-state index in [1.54, 1.807) is 13.2 Å². The van der Waals surface area contributed by atoms with Crippen molar-refractivity contribution in [3.05, 3.63) is 23.8 Å². The van der Waals surface area contributed by atoms with Crippen molar-refractivity contribution in [2.75, 3.05) is 33.9 Å². The van der Waals surface area contributed by atoms with Crippen molar-refractivity contribution in [1.29, 1.82) is 0 Å². The van der Waals surface area contributed by atoms with Crippen molar-refractivity contribution in [3.8, 4) is 5.75 Å². The zero-order valence-corrected chi connectivity index (χ0v) is 15.8. The molecule has 0 saturated carbocycles. The summed E-state index contributed by atoms with van der Waals surface area (Å²) in [4.78, 5) is 12.5. The number of methoxy groups -OCH3 is 2. The van der Waals surface area contributed by atoms with Gasteiger partial charge in [0.2, 0.25) is 10.0 Å². The number of rotatable bonds is 8. The van der Waals surface area contributed by atoms with E-state index in [-0.39, 0.29) is 22.6 Å². The normalized spacial score (nSPS) is 16.6. The molecule has 0 spiro atoms. The molecule has 1 atom stereocenters. The molecule has 0 radical (unpaired) electrons. The fourth-order valence-electron chi connectivity index (χ4n) is 2.76. The van der Waals surface area contributed by atoms with Gasteiger partial charge in [-0.3, -0.25) is 4.79 Å². The summed E-state index contributed by atoms with van der Waals surface area (Å²) in [5.41, 5.74) is 0.294. The molecule has 1 aromatic carbocycles. The number of sulfonamides is 1. The average Bonchev–Trinajstić information content (AvgIpc) is 3.14. The van der Waals surface area contributed by atoms with Gasteiger partial charge in [0, 0.05) is 38.4 Å². The number of nitrogens with zero attached hydrogens (tertiary/aromatic N) is 1. The molecule has 8 heteroatoms. The van der Waals surface area contributed by atoms with E-state index in [2.05, 4.69) is 5.32 Å². The van der Waals surface area contributed by atoms with Crippen LogP contribution in [0, 0.1) is 0 Å². The van der Waals surface area contributed by atoms with Gasteiger partial charge in [-0.05, 0) is 44.4 Å². The largest absolute Gasteiger partial charge is 0.495 e. The summed E-state index contributed by atoms with van der Waals surface area (Å²) in [5, 5.41) is 2.85. The Morgan fingerprint density at radius 2 is 1.96 bits per heavy atom. The minimum atomic E-state index is -3.67. The van der Waals surface area contributed by atoms with Gasteiger partial charge in [0.15, 0.2) is 0 Å². The summed E-state index contributed by atoms with van der Waals surface area (Å²) in [7, 11) is -0.646. The Balaban J connectivity index is 2.26. The highest BCUT2D eigenvalue weighted by atomic mass is 32.2. The molecule has 140 valence electrons. The third-order valence-electron chi connectivity index (χ3n) is 4.24. The zero-order valence-electron chi connectivity index (χ0n) is 14.9. The molecule has 1 aliphatic rings. The molecule has 1 amide bonds. The molecule has 0 aromatic heterocycles. The van der Waals surface area contributed by atoms with Gasteiger partial charge < -0.3 is 14.8 Å². The second kappa shape index (κ2) is 8.64. The summed E-state index contributed by atoms with van der Waals surface area (Å²) in [6.45, 7) is 3.41. The fraction of sp³-hybridized carbons (Fsp3) is 0.588. The van der Waals surface area contributed by atoms with Crippen molar-refractivity contribution in [3.63, 3.8) is 0 Å². The first-order valence-corrected chi connectivity index (χ1v) is 9.82. The number of ether oxygens (including phenoxy) is 2. The van der Waals surface area contributed by atoms with Crippen LogP contribution in [0.5, 0.6) is 5.75 Å². The molecule has 1 unspecified atom stereocenters. The number of hydrogen-bond donors (Lipinski definition) is 1. The van der Waals surface area contributed by atoms with Gasteiger partial charge in [-0.1, -0.05) is 0 Å². The first kappa shape index (κ1) is 19.7. The van der Waals surface area contributed by atoms with E-state index in [0.717, 1.165) is 12.8 Å². The van der Waals surface area contributed by atoms with E-state index < -0.39 is 10.0 Å². The lowest BCUT2D eigenvalue weighted by molar-refractivity contribution is 0.0929. The van der Waals surface area contributed by atoms with E-state index in [0.29, 0.717) is 31.7 Å². The van der Waals surface area contributed by atoms with E-state index in [4.69, 9.17) is 9.47 Å². The van der Waals surface area contributed by atoms with Crippen LogP contribution in [-0.2, 0) is 14.8 Å². The highest BCUT2D eigenvalue weighted by molar-refractivity contribution is 7.89. The number of carbonyl (C=O) groups excluding carboxylic acids is 1. The lowest BCUT2D eigenvalue weighted by atomic mass is 10.1. The summed E-state index contributed by atoms with van der Waals surface area (Å²) >= 11 is 0. The Morgan fingerprint density at radius 1 is 1.28 bits per heavy atom. The van der Waals surface area contributed by atoms with E-state index in [9.17, 15) is 13.2 Å². The Hall–Kier alpha value is -1.64. The third-order valence-corrected chi connectivity index (χ3v) is 6.16. The minimum absolute atomic E-state index is 0.0362. The van der Waals surface area contributed by atoms with E-state index >= 15 is 0 Å². The lowest BCUT2D eigenvalue weighted by Gasteiger charge is -2.19. The predicted octanol–water partition coefficient (Wildman–Crippen LogP) is 1.63. The molecule has 0 bridgehead atoms. The average molecular weight is 370 g/mol. The molecule has 0 aliphatic carbocycles. The van der Waals surface area contributed by atoms with E-state index in [1.165, 1.54) is 23.5 Å². The maximum absolute atomic E-state index is 12.9. The molecule has 2 rings (SSSR count). The number of benzene rings is 1. The van der Waals surface area contributed by atoms with Gasteiger partial charge in [0.1, 0.15) is 10.6 Å². The minimum Gasteiger partial charge on any atom is -0.495 e. The van der Waals surface area contributed by atoms with Crippen LogP contribution in [0.3, 0.4) is 0 Å². The van der Waals surface area contributed by atoms with Gasteiger partial charge in [0.05, 0.1) is 7.11 Å². The quantitative estimate of drug-likeness (QED) is 0.752. The van der Waals surface area contributed by atoms with Gasteiger partial charge in [-0.25, -0.2) is 8.42 Å². The molecule has 1 saturated heterocycles. The molecule has 7 nitrogen and oxygen atoms in total. The SMILES string of the molecule is COCCC(C)NC(=O)c1ccc(OC)c(S(=O)(=O)N2CCCC2)c1. The van der Waals surface area contributed by atoms with Crippen LogP contribution in [-0.4, -0.2) is 58.6 Å². The smallest absolute Gasteiger partial charge is 0.251 e. The van der Waals surface area contributed by atoms with Gasteiger partial charge in [-0.15, -0.1) is 0 Å². The van der Waals surface area contributed by atoms with Gasteiger partial charge >= 0.3 is 0 Å². The van der Waals surface area contributed by atoms with Crippen LogP contribution in [0.4, 0.5) is 0 Å². The molecular weight excluding hydrogens is 344 g/mol. The molecule has 1 aromatic rings. The van der Waals surface area contributed by atoms with Crippen LogP contribution < -0.4 is 10.1 Å². The first-order valence-electron chi connectivity index (χ1n) is 8.38. The Bertz CT molecular complexity index is 699. The number of amides is 1. The summed E-state index contributed by atoms with van der Waals surface area (Å²) < 4.78 is 37.3. The number of nitrogens with one attached hydrogen (secondary N) is 1. The Labute approximate surface area is 149 Å². The summed E-state index contributed by atoms with van der Waals surface area (Å²) in [6.07, 6.45) is 2.37. The fourth-order valence-corrected chi connectivity index (χ4v) is 4.46. The van der Waals surface area contributed by atoms with Gasteiger partial charge in [-0.2, -0.15) is 4.31 Å². The lowest BCUT2D eigenvalue weighted by Crippen LogP contribution is -2.33. The van der Waals surface area contributed by atoms with Gasteiger partial charge in [0.25, 0.3) is 5.91 Å². The van der Waals surface area contributed by atoms with E-state index in [1.807, 2.05) is 6.92 Å². The third kappa shape index (κ3) is 4.71. The van der Waals surface area contributed by atoms with Crippen LogP contribution in [0.15, 0.2) is 23.1 Å². The molecule has 1 fully saturated rings. The highest BCUT2D eigenvalue weighted by Crippen LogP contribution is 2.29. The summed E-state index contributed by atoms with van der Waals surface area (Å²) in [6, 6.07) is 4.41. The van der Waals surface area contributed by atoms with Crippen molar-refractivity contribution in [2.24, 2.45) is 0 Å². The van der Waals surface area contributed by atoms with Crippen molar-refractivity contribution in [2.45, 2.75) is 37.1 Å². The second-order valence-corrected chi connectivity index (χ2v) is 8.04. The maximum atomic E-state index is 12.9. The second-order valence-electron chi connectivity index (χ2n) is 6.13. The van der Waals surface area contributed by atoms with Crippen LogP contribution >= 0.6 is 0 Å². The van der Waals surface area contributed by atoms with Crippen LogP contribution in [0.1, 0.15) is 36.5 Å². The molecule has 25 heavy (non-hydrogen) atoms. The standard InChI is InChI=1S/C17H26N2O5S/c1-13(8-11-23-2)18-17(20)14-6-7-15(24-3)16(12-14)25(21,22)19-9-4-5-10-19/h6-7,12-13H,4-5,8-11H2,1-3H3,(H,18,20). The topological polar surface area (TPSA) is 84.9 Å². The molecule has 1 aliphatic heterocycles. The number of hydrogen-bond acceptors (Lipinski definition) is 5. The summed E-state index contributed by atoms with van der Waals surface area (Å²) in [5.74, 6) is -0.0694. The Kier molecular flexibility index (Phi) is 6.80. The van der Waals surface area contributed by atoms with Crippen LogP contribution in [0.25, 0.3) is 0 Å². The molecule has 1 N–H and O–H groups in total. The molecule has 1 heterocycles. The highest BCUT2D eigenvalue weighted by Gasteiger charge is 2.30. The first-order chi connectivity index (χ1) is 11.9. The molecular formula is C17H26N2O5S. The Morgan fingerprint density at radius 3 is 2.56 bits per heavy atom. The van der Waals surface area contributed by atoms with Crippen molar-refractivity contribution in [1.82, 2.24) is 9.62 Å². The monoisotopic (exact) mass is 370 g/mol.